The summed E-state index contributed by atoms with van der Waals surface area (Å²) in [6.07, 6.45) is 3.63. The monoisotopic (exact) mass is 443 g/mol. The fourth-order valence-corrected chi connectivity index (χ4v) is 3.74. The van der Waals surface area contributed by atoms with Crippen LogP contribution in [0.2, 0.25) is 0 Å². The van der Waals surface area contributed by atoms with E-state index in [9.17, 15) is 9.18 Å². The number of halogens is 2. The molecule has 0 saturated carbocycles. The van der Waals surface area contributed by atoms with Crippen LogP contribution in [-0.4, -0.2) is 25.2 Å². The van der Waals surface area contributed by atoms with Crippen LogP contribution in [-0.2, 0) is 0 Å². The lowest BCUT2D eigenvalue weighted by molar-refractivity contribution is 0.0929. The molecule has 1 amide bonds. The van der Waals surface area contributed by atoms with Gasteiger partial charge in [-0.05, 0) is 61.7 Å². The van der Waals surface area contributed by atoms with Crippen LogP contribution in [0, 0.1) is 12.7 Å². The molecule has 0 spiro atoms. The van der Waals surface area contributed by atoms with Crippen LogP contribution in [0.3, 0.4) is 0 Å². The number of rotatable bonds is 4. The highest BCUT2D eigenvalue weighted by Gasteiger charge is 2.17. The number of hydrazone groups is 1. The second-order valence-electron chi connectivity index (χ2n) is 6.85. The van der Waals surface area contributed by atoms with Gasteiger partial charge in [0.05, 0.1) is 11.9 Å². The maximum atomic E-state index is 14.5. The minimum absolute atomic E-state index is 0.164. The van der Waals surface area contributed by atoms with E-state index in [0.717, 1.165) is 41.4 Å². The van der Waals surface area contributed by atoms with Crippen LogP contribution in [0.25, 0.3) is 11.0 Å². The third kappa shape index (κ3) is 3.80. The Kier molecular flexibility index (Phi) is 5.17. The van der Waals surface area contributed by atoms with Gasteiger partial charge in [-0.25, -0.2) is 9.82 Å². The predicted octanol–water partition coefficient (Wildman–Crippen LogP) is 5.01. The molecule has 28 heavy (non-hydrogen) atoms. The van der Waals surface area contributed by atoms with Crippen molar-refractivity contribution in [2.24, 2.45) is 5.10 Å². The first-order chi connectivity index (χ1) is 13.5. The number of hydrogen-bond acceptors (Lipinski definition) is 4. The van der Waals surface area contributed by atoms with Gasteiger partial charge in [-0.2, -0.15) is 5.10 Å². The van der Waals surface area contributed by atoms with E-state index in [1.165, 1.54) is 12.3 Å². The van der Waals surface area contributed by atoms with Crippen LogP contribution in [0.4, 0.5) is 10.1 Å². The number of benzene rings is 2. The minimum atomic E-state index is -0.463. The molecule has 3 aromatic rings. The number of furan rings is 1. The number of hydrogen-bond donors (Lipinski definition) is 1. The first kappa shape index (κ1) is 18.7. The van der Waals surface area contributed by atoms with E-state index in [2.05, 4.69) is 31.4 Å². The van der Waals surface area contributed by atoms with Gasteiger partial charge in [-0.3, -0.25) is 4.79 Å². The predicted molar refractivity (Wildman–Crippen MR) is 112 cm³/mol. The zero-order valence-corrected chi connectivity index (χ0v) is 16.9. The summed E-state index contributed by atoms with van der Waals surface area (Å²) < 4.78 is 20.9. The third-order valence-electron chi connectivity index (χ3n) is 4.85. The van der Waals surface area contributed by atoms with Crippen molar-refractivity contribution in [3.63, 3.8) is 0 Å². The van der Waals surface area contributed by atoms with E-state index in [-0.39, 0.29) is 11.6 Å². The van der Waals surface area contributed by atoms with Crippen LogP contribution in [0.1, 0.15) is 34.5 Å². The number of nitrogens with zero attached hydrogens (tertiary/aromatic N) is 2. The highest BCUT2D eigenvalue weighted by Crippen LogP contribution is 2.26. The van der Waals surface area contributed by atoms with Crippen LogP contribution in [0.15, 0.2) is 50.4 Å². The first-order valence-electron chi connectivity index (χ1n) is 9.09. The topological polar surface area (TPSA) is 57.8 Å². The number of carbonyl (C=O) groups excluding carboxylic acids is 1. The van der Waals surface area contributed by atoms with Crippen molar-refractivity contribution in [3.8, 4) is 0 Å². The second-order valence-corrected chi connectivity index (χ2v) is 7.76. The molecule has 0 aliphatic carbocycles. The summed E-state index contributed by atoms with van der Waals surface area (Å²) in [6, 6.07) is 10.4. The van der Waals surface area contributed by atoms with Crippen LogP contribution < -0.4 is 10.3 Å². The summed E-state index contributed by atoms with van der Waals surface area (Å²) >= 11 is 3.39. The summed E-state index contributed by atoms with van der Waals surface area (Å²) in [5, 5.41) is 4.78. The molecular formula is C21H19BrFN3O2. The molecule has 1 aliphatic rings. The van der Waals surface area contributed by atoms with Gasteiger partial charge >= 0.3 is 5.91 Å². The van der Waals surface area contributed by atoms with Gasteiger partial charge in [-0.15, -0.1) is 0 Å². The van der Waals surface area contributed by atoms with Gasteiger partial charge in [-0.1, -0.05) is 15.9 Å². The zero-order chi connectivity index (χ0) is 19.7. The van der Waals surface area contributed by atoms with Crippen molar-refractivity contribution in [1.29, 1.82) is 0 Å². The largest absolute Gasteiger partial charge is 0.451 e. The molecule has 1 saturated heterocycles. The van der Waals surface area contributed by atoms with Crippen LogP contribution in [0.5, 0.6) is 0 Å². The molecule has 0 radical (unpaired) electrons. The maximum Gasteiger partial charge on any atom is 0.307 e. The van der Waals surface area contributed by atoms with Crippen molar-refractivity contribution in [2.45, 2.75) is 19.8 Å². The Hall–Kier alpha value is -2.67. The van der Waals surface area contributed by atoms with E-state index < -0.39 is 5.91 Å². The van der Waals surface area contributed by atoms with Crippen molar-refractivity contribution in [3.05, 3.63) is 63.6 Å². The van der Waals surface area contributed by atoms with Crippen molar-refractivity contribution in [1.82, 2.24) is 5.43 Å². The number of fused-ring (bicyclic) bond motifs is 1. The van der Waals surface area contributed by atoms with E-state index in [0.29, 0.717) is 16.8 Å². The molecule has 144 valence electrons. The average Bonchev–Trinajstić information content (AvgIpc) is 3.33. The molecule has 1 N–H and O–H groups in total. The Morgan fingerprint density at radius 1 is 1.25 bits per heavy atom. The number of carbonyl (C=O) groups is 1. The summed E-state index contributed by atoms with van der Waals surface area (Å²) in [4.78, 5) is 14.3. The Balaban J connectivity index is 1.47. The summed E-state index contributed by atoms with van der Waals surface area (Å²) in [7, 11) is 0. The molecule has 0 bridgehead atoms. The third-order valence-corrected chi connectivity index (χ3v) is 5.35. The fraction of sp³-hybridized carbons (Fsp3) is 0.238. The first-order valence-corrected chi connectivity index (χ1v) is 9.88. The molecule has 0 atom stereocenters. The molecule has 1 aromatic heterocycles. The van der Waals surface area contributed by atoms with Crippen molar-refractivity contribution in [2.75, 3.05) is 18.0 Å². The maximum absolute atomic E-state index is 14.5. The SMILES string of the molecule is Cc1cc(N2CCCC2)c(F)cc1C=NNC(=O)c1cc2cc(Br)ccc2o1. The van der Waals surface area contributed by atoms with Gasteiger partial charge in [0.2, 0.25) is 0 Å². The summed E-state index contributed by atoms with van der Waals surface area (Å²) in [6.45, 7) is 3.67. The Labute approximate surface area is 170 Å². The number of amides is 1. The van der Waals surface area contributed by atoms with E-state index >= 15 is 0 Å². The molecule has 7 heteroatoms. The quantitative estimate of drug-likeness (QED) is 0.455. The Bertz CT molecular complexity index is 1070. The van der Waals surface area contributed by atoms with E-state index in [1.807, 2.05) is 25.1 Å². The number of anilines is 1. The lowest BCUT2D eigenvalue weighted by Gasteiger charge is -2.19. The van der Waals surface area contributed by atoms with Gasteiger partial charge in [0.15, 0.2) is 5.76 Å². The van der Waals surface area contributed by atoms with Gasteiger partial charge in [0.1, 0.15) is 11.4 Å². The molecule has 2 heterocycles. The smallest absolute Gasteiger partial charge is 0.307 e. The highest BCUT2D eigenvalue weighted by molar-refractivity contribution is 9.10. The van der Waals surface area contributed by atoms with Gasteiger partial charge in [0, 0.05) is 28.5 Å². The Morgan fingerprint density at radius 2 is 2.04 bits per heavy atom. The molecule has 0 unspecified atom stereocenters. The summed E-state index contributed by atoms with van der Waals surface area (Å²) in [5.41, 5.74) is 5.20. The molecule has 2 aromatic carbocycles. The lowest BCUT2D eigenvalue weighted by Crippen LogP contribution is -2.19. The molecule has 5 nitrogen and oxygen atoms in total. The molecule has 1 aliphatic heterocycles. The van der Waals surface area contributed by atoms with Crippen molar-refractivity contribution >= 4 is 44.7 Å². The summed E-state index contributed by atoms with van der Waals surface area (Å²) in [5.74, 6) is -0.573. The Morgan fingerprint density at radius 3 is 2.82 bits per heavy atom. The second kappa shape index (κ2) is 7.75. The van der Waals surface area contributed by atoms with E-state index in [4.69, 9.17) is 4.42 Å². The standard InChI is InChI=1S/C21H19BrFN3O2/c1-13-8-18(26-6-2-3-7-26)17(23)10-15(13)12-24-25-21(27)20-11-14-9-16(22)4-5-19(14)28-20/h4-5,8-12H,2-3,6-7H2,1H3,(H,25,27). The van der Waals surface area contributed by atoms with Gasteiger partial charge in [0.25, 0.3) is 0 Å². The highest BCUT2D eigenvalue weighted by atomic mass is 79.9. The zero-order valence-electron chi connectivity index (χ0n) is 15.3. The fourth-order valence-electron chi connectivity index (χ4n) is 3.36. The van der Waals surface area contributed by atoms with E-state index in [1.54, 1.807) is 12.1 Å². The molecule has 1 fully saturated rings. The van der Waals surface area contributed by atoms with Gasteiger partial charge < -0.3 is 9.32 Å². The average molecular weight is 444 g/mol. The number of nitrogens with one attached hydrogen (secondary N) is 1. The molecular weight excluding hydrogens is 425 g/mol. The molecule has 4 rings (SSSR count). The number of aryl methyl sites for hydroxylation is 1. The normalized spacial score (nSPS) is 14.3. The lowest BCUT2D eigenvalue weighted by atomic mass is 10.1. The van der Waals surface area contributed by atoms with Crippen molar-refractivity contribution < 1.29 is 13.6 Å². The van der Waals surface area contributed by atoms with Crippen LogP contribution >= 0.6 is 15.9 Å². The minimum Gasteiger partial charge on any atom is -0.451 e.